The molecule has 2 N–H and O–H groups in total. The average molecular weight is 377 g/mol. The summed E-state index contributed by atoms with van der Waals surface area (Å²) in [6.07, 6.45) is 1.19. The molecule has 3 amide bonds. The number of rotatable bonds is 3. The smallest absolute Gasteiger partial charge is 0.411 e. The van der Waals surface area contributed by atoms with Gasteiger partial charge in [-0.3, -0.25) is 15.0 Å². The summed E-state index contributed by atoms with van der Waals surface area (Å²) < 4.78 is 9.98. The van der Waals surface area contributed by atoms with Gasteiger partial charge in [-0.05, 0) is 58.2 Å². The number of anilines is 2. The number of benzene rings is 1. The van der Waals surface area contributed by atoms with Gasteiger partial charge in [0.2, 0.25) is 5.91 Å². The van der Waals surface area contributed by atoms with Crippen molar-refractivity contribution in [3.63, 3.8) is 0 Å². The molecule has 0 radical (unpaired) electrons. The van der Waals surface area contributed by atoms with E-state index in [4.69, 9.17) is 4.74 Å². The van der Waals surface area contributed by atoms with Crippen molar-refractivity contribution < 1.29 is 23.9 Å². The maximum absolute atomic E-state index is 12.8. The number of likely N-dealkylation sites (tertiary alicyclic amines) is 1. The van der Waals surface area contributed by atoms with Crippen LogP contribution in [0.1, 0.15) is 40.0 Å². The van der Waals surface area contributed by atoms with Crippen LogP contribution in [0.25, 0.3) is 0 Å². The zero-order chi connectivity index (χ0) is 20.0. The predicted octanol–water partition coefficient (Wildman–Crippen LogP) is 3.59. The van der Waals surface area contributed by atoms with Crippen molar-refractivity contribution in [3.05, 3.63) is 24.3 Å². The van der Waals surface area contributed by atoms with Gasteiger partial charge in [0.1, 0.15) is 11.6 Å². The van der Waals surface area contributed by atoms with E-state index in [0.717, 1.165) is 12.8 Å². The molecule has 0 spiro atoms. The summed E-state index contributed by atoms with van der Waals surface area (Å²) in [5.74, 6) is -0.282. The minimum atomic E-state index is -0.622. The summed E-state index contributed by atoms with van der Waals surface area (Å²) in [7, 11) is 1.27. The summed E-state index contributed by atoms with van der Waals surface area (Å²) in [4.78, 5) is 38.0. The minimum absolute atomic E-state index is 0.282. The lowest BCUT2D eigenvalue weighted by Crippen LogP contribution is -2.51. The first-order valence-electron chi connectivity index (χ1n) is 8.95. The zero-order valence-corrected chi connectivity index (χ0v) is 16.2. The van der Waals surface area contributed by atoms with Gasteiger partial charge in [0.25, 0.3) is 0 Å². The largest absolute Gasteiger partial charge is 0.453 e. The van der Waals surface area contributed by atoms with Crippen LogP contribution in [-0.2, 0) is 14.3 Å². The van der Waals surface area contributed by atoms with Gasteiger partial charge in [-0.1, -0.05) is 6.07 Å². The SMILES string of the molecule is COC(=O)Nc1cccc(NC(=O)C2CCCCN2C(=O)OC(C)(C)C)c1. The van der Waals surface area contributed by atoms with E-state index in [1.807, 2.05) is 0 Å². The first-order chi connectivity index (χ1) is 12.7. The normalized spacial score (nSPS) is 17.0. The highest BCUT2D eigenvalue weighted by Gasteiger charge is 2.34. The second kappa shape index (κ2) is 8.75. The number of carbonyl (C=O) groups excluding carboxylic acids is 3. The van der Waals surface area contributed by atoms with Crippen molar-refractivity contribution in [1.29, 1.82) is 0 Å². The van der Waals surface area contributed by atoms with Crippen LogP contribution < -0.4 is 10.6 Å². The number of carbonyl (C=O) groups is 3. The number of hydrogen-bond donors (Lipinski definition) is 2. The van der Waals surface area contributed by atoms with Crippen molar-refractivity contribution in [3.8, 4) is 0 Å². The fraction of sp³-hybridized carbons (Fsp3) is 0.526. The molecule has 1 aliphatic rings. The Labute approximate surface area is 159 Å². The number of nitrogens with zero attached hydrogens (tertiary/aromatic N) is 1. The van der Waals surface area contributed by atoms with Crippen LogP contribution in [0.3, 0.4) is 0 Å². The molecule has 1 aromatic carbocycles. The Morgan fingerprint density at radius 3 is 2.41 bits per heavy atom. The topological polar surface area (TPSA) is 97.0 Å². The molecule has 1 aliphatic heterocycles. The molecule has 1 unspecified atom stereocenters. The summed E-state index contributed by atoms with van der Waals surface area (Å²) in [6, 6.07) is 6.12. The molecule has 1 fully saturated rings. The number of piperidine rings is 1. The van der Waals surface area contributed by atoms with Crippen LogP contribution in [0.4, 0.5) is 21.0 Å². The van der Waals surface area contributed by atoms with Gasteiger partial charge in [0, 0.05) is 17.9 Å². The van der Waals surface area contributed by atoms with Gasteiger partial charge in [0.15, 0.2) is 0 Å². The second-order valence-electron chi connectivity index (χ2n) is 7.37. The van der Waals surface area contributed by atoms with Crippen molar-refractivity contribution in [2.75, 3.05) is 24.3 Å². The Balaban J connectivity index is 2.07. The van der Waals surface area contributed by atoms with Gasteiger partial charge in [-0.25, -0.2) is 9.59 Å². The Morgan fingerprint density at radius 2 is 1.78 bits per heavy atom. The van der Waals surface area contributed by atoms with E-state index in [-0.39, 0.29) is 5.91 Å². The second-order valence-corrected chi connectivity index (χ2v) is 7.37. The van der Waals surface area contributed by atoms with Crippen LogP contribution in [-0.4, -0.2) is 48.3 Å². The summed E-state index contributed by atoms with van der Waals surface area (Å²) in [5, 5.41) is 5.35. The van der Waals surface area contributed by atoms with Crippen LogP contribution in [0, 0.1) is 0 Å². The molecule has 1 heterocycles. The first kappa shape index (κ1) is 20.5. The van der Waals surface area contributed by atoms with Crippen LogP contribution >= 0.6 is 0 Å². The van der Waals surface area contributed by atoms with Crippen LogP contribution in [0.15, 0.2) is 24.3 Å². The summed E-state index contributed by atoms with van der Waals surface area (Å²) in [6.45, 7) is 5.87. The Hall–Kier alpha value is -2.77. The van der Waals surface area contributed by atoms with Crippen molar-refractivity contribution >= 4 is 29.5 Å². The molecule has 0 saturated carbocycles. The molecule has 0 aliphatic carbocycles. The summed E-state index contributed by atoms with van der Waals surface area (Å²) in [5.41, 5.74) is 0.389. The van der Waals surface area contributed by atoms with E-state index < -0.39 is 23.8 Å². The van der Waals surface area contributed by atoms with Gasteiger partial charge in [0.05, 0.1) is 7.11 Å². The number of ether oxygens (including phenoxy) is 2. The van der Waals surface area contributed by atoms with E-state index in [1.165, 1.54) is 12.0 Å². The molecule has 8 nitrogen and oxygen atoms in total. The molecule has 27 heavy (non-hydrogen) atoms. The molecule has 1 saturated heterocycles. The van der Waals surface area contributed by atoms with E-state index in [0.29, 0.717) is 24.3 Å². The Morgan fingerprint density at radius 1 is 1.11 bits per heavy atom. The molecule has 8 heteroatoms. The molecular formula is C19H27N3O5. The monoisotopic (exact) mass is 377 g/mol. The highest BCUT2D eigenvalue weighted by molar-refractivity contribution is 5.97. The fourth-order valence-electron chi connectivity index (χ4n) is 2.81. The maximum atomic E-state index is 12.8. The van der Waals surface area contributed by atoms with E-state index in [9.17, 15) is 14.4 Å². The zero-order valence-electron chi connectivity index (χ0n) is 16.2. The number of nitrogens with one attached hydrogen (secondary N) is 2. The molecular weight excluding hydrogens is 350 g/mol. The lowest BCUT2D eigenvalue weighted by molar-refractivity contribution is -0.122. The van der Waals surface area contributed by atoms with Crippen molar-refractivity contribution in [2.45, 2.75) is 51.7 Å². The molecule has 0 bridgehead atoms. The number of methoxy groups -OCH3 is 1. The third kappa shape index (κ3) is 6.16. The maximum Gasteiger partial charge on any atom is 0.411 e. The third-order valence-electron chi connectivity index (χ3n) is 4.00. The number of amides is 3. The molecule has 148 valence electrons. The highest BCUT2D eigenvalue weighted by Crippen LogP contribution is 2.23. The van der Waals surface area contributed by atoms with Gasteiger partial charge in [-0.15, -0.1) is 0 Å². The minimum Gasteiger partial charge on any atom is -0.453 e. The van der Waals surface area contributed by atoms with Gasteiger partial charge < -0.3 is 14.8 Å². The molecule has 2 rings (SSSR count). The molecule has 0 aromatic heterocycles. The predicted molar refractivity (Wildman–Crippen MR) is 102 cm³/mol. The van der Waals surface area contributed by atoms with E-state index >= 15 is 0 Å². The fourth-order valence-corrected chi connectivity index (χ4v) is 2.81. The number of hydrogen-bond acceptors (Lipinski definition) is 5. The lowest BCUT2D eigenvalue weighted by atomic mass is 10.0. The quantitative estimate of drug-likeness (QED) is 0.839. The van der Waals surface area contributed by atoms with Gasteiger partial charge >= 0.3 is 12.2 Å². The first-order valence-corrected chi connectivity index (χ1v) is 8.95. The average Bonchev–Trinajstić information content (AvgIpc) is 2.60. The van der Waals surface area contributed by atoms with E-state index in [1.54, 1.807) is 45.0 Å². The molecule has 1 atom stereocenters. The van der Waals surface area contributed by atoms with Crippen molar-refractivity contribution in [1.82, 2.24) is 4.90 Å². The Kier molecular flexibility index (Phi) is 6.65. The van der Waals surface area contributed by atoms with E-state index in [2.05, 4.69) is 15.4 Å². The van der Waals surface area contributed by atoms with Crippen molar-refractivity contribution in [2.24, 2.45) is 0 Å². The van der Waals surface area contributed by atoms with Crippen LogP contribution in [0.2, 0.25) is 0 Å². The third-order valence-corrected chi connectivity index (χ3v) is 4.00. The summed E-state index contributed by atoms with van der Waals surface area (Å²) >= 11 is 0. The Bertz CT molecular complexity index is 699. The lowest BCUT2D eigenvalue weighted by Gasteiger charge is -2.35. The molecule has 1 aromatic rings. The highest BCUT2D eigenvalue weighted by atomic mass is 16.6. The standard InChI is InChI=1S/C19H27N3O5/c1-19(2,3)27-18(25)22-11-6-5-10-15(22)16(23)20-13-8-7-9-14(12-13)21-17(24)26-4/h7-9,12,15H,5-6,10-11H2,1-4H3,(H,20,23)(H,21,24). The van der Waals surface area contributed by atoms with Gasteiger partial charge in [-0.2, -0.15) is 0 Å². The van der Waals surface area contributed by atoms with Crippen LogP contribution in [0.5, 0.6) is 0 Å².